The van der Waals surface area contributed by atoms with E-state index in [0.717, 1.165) is 12.1 Å². The Bertz CT molecular complexity index is 917. The van der Waals surface area contributed by atoms with Crippen molar-refractivity contribution in [1.82, 2.24) is 10.2 Å². The number of amides is 1. The van der Waals surface area contributed by atoms with E-state index in [1.54, 1.807) is 12.1 Å². The summed E-state index contributed by atoms with van der Waals surface area (Å²) < 4.78 is 27.1. The number of H-pyrrole nitrogens is 1. The van der Waals surface area contributed by atoms with Crippen molar-refractivity contribution in [2.75, 3.05) is 5.32 Å². The highest BCUT2D eigenvalue weighted by molar-refractivity contribution is 6.11. The Kier molecular flexibility index (Phi) is 3.38. The maximum atomic E-state index is 13.6. The molecular weight excluding hydrogens is 292 g/mol. The maximum Gasteiger partial charge on any atom is 0.276 e. The number of anilines is 1. The smallest absolute Gasteiger partial charge is 0.276 e. The van der Waals surface area contributed by atoms with Crippen LogP contribution in [-0.2, 0) is 0 Å². The van der Waals surface area contributed by atoms with Gasteiger partial charge >= 0.3 is 0 Å². The number of benzene rings is 2. The second kappa shape index (κ2) is 5.36. The zero-order valence-electron chi connectivity index (χ0n) is 11.1. The summed E-state index contributed by atoms with van der Waals surface area (Å²) in [5.41, 5.74) is -1.15. The summed E-state index contributed by atoms with van der Waals surface area (Å²) in [5, 5.41) is 8.54. The molecule has 7 heteroatoms. The van der Waals surface area contributed by atoms with E-state index in [1.807, 2.05) is 0 Å². The van der Waals surface area contributed by atoms with Crippen LogP contribution in [0.2, 0.25) is 0 Å². The van der Waals surface area contributed by atoms with Crippen molar-refractivity contribution in [2.24, 2.45) is 0 Å². The molecule has 0 atom stereocenters. The number of para-hydroxylation sites is 1. The highest BCUT2D eigenvalue weighted by Gasteiger charge is 2.17. The molecule has 0 aliphatic rings. The molecule has 3 rings (SSSR count). The van der Waals surface area contributed by atoms with Crippen molar-refractivity contribution < 1.29 is 13.6 Å². The van der Waals surface area contributed by atoms with Crippen LogP contribution in [0.15, 0.2) is 47.3 Å². The number of aromatic nitrogens is 2. The van der Waals surface area contributed by atoms with Crippen LogP contribution in [0.4, 0.5) is 14.5 Å². The number of halogens is 2. The van der Waals surface area contributed by atoms with E-state index >= 15 is 0 Å². The van der Waals surface area contributed by atoms with E-state index in [0.29, 0.717) is 5.39 Å². The molecule has 0 aliphatic carbocycles. The molecule has 0 aliphatic heterocycles. The van der Waals surface area contributed by atoms with E-state index in [1.165, 1.54) is 18.2 Å². The molecular formula is C15H9F2N3O2. The first kappa shape index (κ1) is 13.9. The molecule has 0 radical (unpaired) electrons. The van der Waals surface area contributed by atoms with Gasteiger partial charge in [0, 0.05) is 5.39 Å². The van der Waals surface area contributed by atoms with Gasteiger partial charge in [0.05, 0.1) is 5.39 Å². The van der Waals surface area contributed by atoms with Crippen molar-refractivity contribution in [3.05, 3.63) is 70.1 Å². The summed E-state index contributed by atoms with van der Waals surface area (Å²) in [6, 6.07) is 9.56. The van der Waals surface area contributed by atoms with Crippen molar-refractivity contribution >= 4 is 22.4 Å². The lowest BCUT2D eigenvalue weighted by atomic mass is 10.1. The van der Waals surface area contributed by atoms with Crippen molar-refractivity contribution in [2.45, 2.75) is 0 Å². The second-order valence-electron chi connectivity index (χ2n) is 4.50. The molecule has 1 aromatic heterocycles. The number of hydrogen-bond donors (Lipinski definition) is 2. The minimum Gasteiger partial charge on any atom is -0.316 e. The minimum atomic E-state index is -0.901. The molecule has 0 fully saturated rings. The van der Waals surface area contributed by atoms with E-state index in [2.05, 4.69) is 15.5 Å². The lowest BCUT2D eigenvalue weighted by molar-refractivity contribution is 0.102. The molecule has 0 bridgehead atoms. The van der Waals surface area contributed by atoms with Gasteiger partial charge in [-0.25, -0.2) is 13.9 Å². The Morgan fingerprint density at radius 1 is 1.00 bits per heavy atom. The van der Waals surface area contributed by atoms with Gasteiger partial charge in [0.15, 0.2) is 5.69 Å². The van der Waals surface area contributed by atoms with Gasteiger partial charge in [-0.05, 0) is 18.2 Å². The predicted octanol–water partition coefficient (Wildman–Crippen LogP) is 2.45. The molecule has 3 aromatic rings. The molecule has 0 spiro atoms. The number of fused-ring (bicyclic) bond motifs is 1. The average molecular weight is 301 g/mol. The first-order chi connectivity index (χ1) is 10.6. The molecule has 2 aromatic carbocycles. The average Bonchev–Trinajstić information content (AvgIpc) is 2.51. The van der Waals surface area contributed by atoms with Gasteiger partial charge in [-0.2, -0.15) is 5.10 Å². The number of rotatable bonds is 2. The molecule has 1 heterocycles. The number of nitrogens with one attached hydrogen (secondary N) is 2. The molecule has 110 valence electrons. The minimum absolute atomic E-state index is 0.127. The first-order valence-corrected chi connectivity index (χ1v) is 6.30. The molecule has 1 amide bonds. The highest BCUT2D eigenvalue weighted by atomic mass is 19.1. The fourth-order valence-corrected chi connectivity index (χ4v) is 2.08. The van der Waals surface area contributed by atoms with Crippen LogP contribution in [0.1, 0.15) is 10.5 Å². The van der Waals surface area contributed by atoms with E-state index in [4.69, 9.17) is 0 Å². The van der Waals surface area contributed by atoms with Gasteiger partial charge in [-0.3, -0.25) is 9.59 Å². The summed E-state index contributed by atoms with van der Waals surface area (Å²) >= 11 is 0. The van der Waals surface area contributed by atoms with Crippen LogP contribution in [0, 0.1) is 11.6 Å². The monoisotopic (exact) mass is 301 g/mol. The third-order valence-electron chi connectivity index (χ3n) is 3.11. The van der Waals surface area contributed by atoms with Gasteiger partial charge in [0.1, 0.15) is 17.3 Å². The Hall–Kier alpha value is -3.09. The van der Waals surface area contributed by atoms with Gasteiger partial charge in [0.25, 0.3) is 11.5 Å². The SMILES string of the molecule is O=C(Nc1c(F)cccc1F)c1n[nH]c(=O)c2ccccc12. The Labute approximate surface area is 122 Å². The number of carbonyl (C=O) groups is 1. The lowest BCUT2D eigenvalue weighted by Crippen LogP contribution is -2.20. The molecule has 0 saturated carbocycles. The molecule has 5 nitrogen and oxygen atoms in total. The van der Waals surface area contributed by atoms with E-state index in [-0.39, 0.29) is 11.1 Å². The van der Waals surface area contributed by atoms with Crippen LogP contribution < -0.4 is 10.9 Å². The van der Waals surface area contributed by atoms with Crippen LogP contribution in [0.25, 0.3) is 10.8 Å². The number of carbonyl (C=O) groups excluding carboxylic acids is 1. The van der Waals surface area contributed by atoms with Crippen molar-refractivity contribution in [3.8, 4) is 0 Å². The molecule has 2 N–H and O–H groups in total. The summed E-state index contributed by atoms with van der Waals surface area (Å²) in [6.07, 6.45) is 0. The van der Waals surface area contributed by atoms with Crippen LogP contribution >= 0.6 is 0 Å². The number of aromatic amines is 1. The Balaban J connectivity index is 2.07. The van der Waals surface area contributed by atoms with E-state index < -0.39 is 28.8 Å². The quantitative estimate of drug-likeness (QED) is 0.763. The standard InChI is InChI=1S/C15H9F2N3O2/c16-10-6-3-7-11(17)13(10)18-15(22)12-8-4-1-2-5-9(8)14(21)20-19-12/h1-7H,(H,18,22)(H,20,21). The molecule has 22 heavy (non-hydrogen) atoms. The maximum absolute atomic E-state index is 13.6. The number of hydrogen-bond acceptors (Lipinski definition) is 3. The zero-order valence-corrected chi connectivity index (χ0v) is 11.1. The fourth-order valence-electron chi connectivity index (χ4n) is 2.08. The van der Waals surface area contributed by atoms with Gasteiger partial charge < -0.3 is 5.32 Å². The molecule has 0 saturated heterocycles. The summed E-state index contributed by atoms with van der Waals surface area (Å²) in [6.45, 7) is 0. The molecule has 0 unspecified atom stereocenters. The van der Waals surface area contributed by atoms with Crippen LogP contribution in [-0.4, -0.2) is 16.1 Å². The number of nitrogens with zero attached hydrogens (tertiary/aromatic N) is 1. The van der Waals surface area contributed by atoms with E-state index in [9.17, 15) is 18.4 Å². The Morgan fingerprint density at radius 3 is 2.32 bits per heavy atom. The van der Waals surface area contributed by atoms with Crippen molar-refractivity contribution in [3.63, 3.8) is 0 Å². The van der Waals surface area contributed by atoms with Gasteiger partial charge in [0.2, 0.25) is 0 Å². The van der Waals surface area contributed by atoms with Gasteiger partial charge in [-0.15, -0.1) is 0 Å². The third-order valence-corrected chi connectivity index (χ3v) is 3.11. The fraction of sp³-hybridized carbons (Fsp3) is 0. The summed E-state index contributed by atoms with van der Waals surface area (Å²) in [7, 11) is 0. The van der Waals surface area contributed by atoms with Crippen LogP contribution in [0.5, 0.6) is 0 Å². The summed E-state index contributed by atoms with van der Waals surface area (Å²) in [4.78, 5) is 23.9. The third kappa shape index (κ3) is 2.32. The normalized spacial score (nSPS) is 10.6. The lowest BCUT2D eigenvalue weighted by Gasteiger charge is -2.08. The Morgan fingerprint density at radius 2 is 1.64 bits per heavy atom. The predicted molar refractivity (Wildman–Crippen MR) is 76.7 cm³/mol. The van der Waals surface area contributed by atoms with Gasteiger partial charge in [-0.1, -0.05) is 24.3 Å². The van der Waals surface area contributed by atoms with Crippen molar-refractivity contribution in [1.29, 1.82) is 0 Å². The van der Waals surface area contributed by atoms with Crippen LogP contribution in [0.3, 0.4) is 0 Å². The largest absolute Gasteiger partial charge is 0.316 e. The second-order valence-corrected chi connectivity index (χ2v) is 4.50. The highest BCUT2D eigenvalue weighted by Crippen LogP contribution is 2.20. The topological polar surface area (TPSA) is 74.8 Å². The first-order valence-electron chi connectivity index (χ1n) is 6.30. The zero-order chi connectivity index (χ0) is 15.7. The summed E-state index contributed by atoms with van der Waals surface area (Å²) in [5.74, 6) is -2.62.